The number of ketones is 1. The van der Waals surface area contributed by atoms with Crippen molar-refractivity contribution in [2.75, 3.05) is 19.7 Å². The van der Waals surface area contributed by atoms with Gasteiger partial charge < -0.3 is 10.1 Å². The molecule has 0 radical (unpaired) electrons. The Labute approximate surface area is 148 Å². The normalized spacial score (nSPS) is 9.58. The molecular weight excluding hydrogens is 304 g/mol. The second-order valence-electron chi connectivity index (χ2n) is 5.88. The van der Waals surface area contributed by atoms with Crippen molar-refractivity contribution in [1.29, 1.82) is 5.26 Å². The molecule has 0 saturated heterocycles. The molecule has 140 valence electrons. The van der Waals surface area contributed by atoms with Gasteiger partial charge in [-0.1, -0.05) is 52.4 Å². The summed E-state index contributed by atoms with van der Waals surface area (Å²) in [6.07, 6.45) is 10.1. The van der Waals surface area contributed by atoms with Gasteiger partial charge in [0.05, 0.1) is 12.7 Å². The fourth-order valence-corrected chi connectivity index (χ4v) is 1.95. The Morgan fingerprint density at radius 1 is 0.958 bits per heavy atom. The summed E-state index contributed by atoms with van der Waals surface area (Å²) in [6.45, 7) is 8.04. The molecule has 0 atom stereocenters. The van der Waals surface area contributed by atoms with E-state index in [1.54, 1.807) is 0 Å². The van der Waals surface area contributed by atoms with Crippen LogP contribution in [0.4, 0.5) is 0 Å². The molecule has 0 heterocycles. The number of unbranched alkanes of at least 4 members (excludes halogenated alkanes) is 6. The third kappa shape index (κ3) is 25.5. The van der Waals surface area contributed by atoms with Gasteiger partial charge in [-0.3, -0.25) is 9.59 Å². The third-order valence-corrected chi connectivity index (χ3v) is 3.24. The van der Waals surface area contributed by atoms with E-state index in [9.17, 15) is 9.59 Å². The lowest BCUT2D eigenvalue weighted by Gasteiger charge is -2.03. The van der Waals surface area contributed by atoms with E-state index >= 15 is 0 Å². The van der Waals surface area contributed by atoms with Gasteiger partial charge in [0.1, 0.15) is 12.2 Å². The van der Waals surface area contributed by atoms with Gasteiger partial charge in [-0.15, -0.1) is 0 Å². The molecule has 24 heavy (non-hydrogen) atoms. The number of rotatable bonds is 14. The minimum atomic E-state index is -0.390. The number of carbonyl (C=O) groups is 2. The predicted octanol–water partition coefficient (Wildman–Crippen LogP) is 4.16. The molecular formula is C19H36N2O3. The molecule has 0 spiro atoms. The third-order valence-electron chi connectivity index (χ3n) is 3.24. The summed E-state index contributed by atoms with van der Waals surface area (Å²) in [5.74, 6) is -0.525. The average Bonchev–Trinajstić information content (AvgIpc) is 2.54. The number of ether oxygens (including phenoxy) is 1. The highest BCUT2D eigenvalue weighted by Gasteiger charge is 2.05. The van der Waals surface area contributed by atoms with Crippen LogP contribution in [0.2, 0.25) is 0 Å². The molecule has 0 aromatic carbocycles. The van der Waals surface area contributed by atoms with E-state index in [2.05, 4.69) is 25.2 Å². The quantitative estimate of drug-likeness (QED) is 0.292. The number of esters is 1. The molecule has 0 aromatic heterocycles. The molecule has 0 aliphatic carbocycles. The van der Waals surface area contributed by atoms with Crippen molar-refractivity contribution in [2.45, 2.75) is 85.0 Å². The highest BCUT2D eigenvalue weighted by atomic mass is 16.5. The lowest BCUT2D eigenvalue weighted by atomic mass is 10.1. The Bertz CT molecular complexity index is 338. The zero-order valence-electron chi connectivity index (χ0n) is 15.9. The Morgan fingerprint density at radius 2 is 1.58 bits per heavy atom. The summed E-state index contributed by atoms with van der Waals surface area (Å²) in [5, 5.41) is 11.2. The summed E-state index contributed by atoms with van der Waals surface area (Å²) in [4.78, 5) is 21.6. The number of hydrogen-bond donors (Lipinski definition) is 1. The standard InChI is InChI=1S/C13H24O3.C6H12N2/c1-3-4-5-6-7-8-9-10-16-13(15)11-12(2)14;1-2-5-8-6-3-4-7/h3-11H2,1-2H3;8H,2-3,5-6H2,1H3. The van der Waals surface area contributed by atoms with Crippen LogP contribution in [-0.2, 0) is 14.3 Å². The van der Waals surface area contributed by atoms with Crippen molar-refractivity contribution in [3.05, 3.63) is 0 Å². The Balaban J connectivity index is 0. The summed E-state index contributed by atoms with van der Waals surface area (Å²) in [5.41, 5.74) is 0. The first-order chi connectivity index (χ1) is 11.6. The highest BCUT2D eigenvalue weighted by Crippen LogP contribution is 2.06. The molecule has 5 nitrogen and oxygen atoms in total. The van der Waals surface area contributed by atoms with Crippen molar-refractivity contribution in [3.8, 4) is 6.07 Å². The van der Waals surface area contributed by atoms with Crippen LogP contribution < -0.4 is 5.32 Å². The van der Waals surface area contributed by atoms with Crippen molar-refractivity contribution in [1.82, 2.24) is 5.32 Å². The zero-order chi connectivity index (χ0) is 18.5. The molecule has 0 aliphatic heterocycles. The zero-order valence-corrected chi connectivity index (χ0v) is 15.9. The van der Waals surface area contributed by atoms with Gasteiger partial charge in [-0.25, -0.2) is 0 Å². The van der Waals surface area contributed by atoms with E-state index in [0.29, 0.717) is 13.0 Å². The molecule has 0 amide bonds. The monoisotopic (exact) mass is 340 g/mol. The Kier molecular flexibility index (Phi) is 22.3. The lowest BCUT2D eigenvalue weighted by molar-refractivity contribution is -0.145. The molecule has 0 aromatic rings. The highest BCUT2D eigenvalue weighted by molar-refractivity contribution is 5.94. The van der Waals surface area contributed by atoms with E-state index < -0.39 is 5.97 Å². The van der Waals surface area contributed by atoms with Crippen molar-refractivity contribution in [3.63, 3.8) is 0 Å². The van der Waals surface area contributed by atoms with Gasteiger partial charge in [0.15, 0.2) is 0 Å². The maximum absolute atomic E-state index is 11.0. The van der Waals surface area contributed by atoms with Gasteiger partial charge in [0.2, 0.25) is 0 Å². The molecule has 0 saturated carbocycles. The number of nitrogens with zero attached hydrogens (tertiary/aromatic N) is 1. The van der Waals surface area contributed by atoms with Gasteiger partial charge in [0, 0.05) is 13.0 Å². The lowest BCUT2D eigenvalue weighted by Crippen LogP contribution is -2.14. The van der Waals surface area contributed by atoms with Crippen LogP contribution in [-0.4, -0.2) is 31.4 Å². The van der Waals surface area contributed by atoms with Crippen LogP contribution in [0.5, 0.6) is 0 Å². The number of Topliss-reactive ketones (excluding diaryl/α,β-unsaturated/α-hetero) is 1. The molecule has 0 aliphatic rings. The number of hydrogen-bond acceptors (Lipinski definition) is 5. The van der Waals surface area contributed by atoms with Crippen LogP contribution in [0.25, 0.3) is 0 Å². The van der Waals surface area contributed by atoms with Gasteiger partial charge in [-0.05, 0) is 26.3 Å². The fourth-order valence-electron chi connectivity index (χ4n) is 1.95. The number of carbonyl (C=O) groups excluding carboxylic acids is 2. The second kappa shape index (κ2) is 21.6. The smallest absolute Gasteiger partial charge is 0.313 e. The predicted molar refractivity (Wildman–Crippen MR) is 97.6 cm³/mol. The van der Waals surface area contributed by atoms with Crippen molar-refractivity contribution in [2.24, 2.45) is 0 Å². The molecule has 0 bridgehead atoms. The van der Waals surface area contributed by atoms with E-state index in [4.69, 9.17) is 10.00 Å². The summed E-state index contributed by atoms with van der Waals surface area (Å²) < 4.78 is 4.92. The van der Waals surface area contributed by atoms with Crippen LogP contribution >= 0.6 is 0 Å². The fraction of sp³-hybridized carbons (Fsp3) is 0.842. The van der Waals surface area contributed by atoms with Crippen molar-refractivity contribution >= 4 is 11.8 Å². The first-order valence-corrected chi connectivity index (χ1v) is 9.31. The van der Waals surface area contributed by atoms with Gasteiger partial charge in [-0.2, -0.15) is 5.26 Å². The molecule has 0 rings (SSSR count). The van der Waals surface area contributed by atoms with Crippen LogP contribution in [0, 0.1) is 11.3 Å². The molecule has 0 unspecified atom stereocenters. The minimum absolute atomic E-state index is 0.0868. The number of nitriles is 1. The second-order valence-corrected chi connectivity index (χ2v) is 5.88. The van der Waals surface area contributed by atoms with Crippen LogP contribution in [0.1, 0.15) is 85.0 Å². The van der Waals surface area contributed by atoms with E-state index in [-0.39, 0.29) is 12.2 Å². The van der Waals surface area contributed by atoms with Crippen LogP contribution in [0.15, 0.2) is 0 Å². The molecule has 0 fully saturated rings. The first-order valence-electron chi connectivity index (χ1n) is 9.31. The van der Waals surface area contributed by atoms with Gasteiger partial charge >= 0.3 is 5.97 Å². The summed E-state index contributed by atoms with van der Waals surface area (Å²) in [6, 6.07) is 2.06. The molecule has 5 heteroatoms. The maximum Gasteiger partial charge on any atom is 0.313 e. The summed E-state index contributed by atoms with van der Waals surface area (Å²) >= 11 is 0. The summed E-state index contributed by atoms with van der Waals surface area (Å²) in [7, 11) is 0. The van der Waals surface area contributed by atoms with Gasteiger partial charge in [0.25, 0.3) is 0 Å². The maximum atomic E-state index is 11.0. The van der Waals surface area contributed by atoms with E-state index in [1.807, 2.05) is 0 Å². The number of nitrogens with one attached hydrogen (secondary N) is 1. The van der Waals surface area contributed by atoms with E-state index in [0.717, 1.165) is 32.4 Å². The topological polar surface area (TPSA) is 79.2 Å². The molecule has 1 N–H and O–H groups in total. The van der Waals surface area contributed by atoms with Crippen LogP contribution in [0.3, 0.4) is 0 Å². The largest absolute Gasteiger partial charge is 0.465 e. The SMILES string of the molecule is CCCCCCCCCOC(=O)CC(C)=O.CCCNCCC#N. The Morgan fingerprint density at radius 3 is 2.12 bits per heavy atom. The van der Waals surface area contributed by atoms with Crippen molar-refractivity contribution < 1.29 is 14.3 Å². The first kappa shape index (κ1) is 24.8. The average molecular weight is 341 g/mol. The van der Waals surface area contributed by atoms with E-state index in [1.165, 1.54) is 39.0 Å². The Hall–Kier alpha value is -1.41. The minimum Gasteiger partial charge on any atom is -0.465 e.